The second-order valence-electron chi connectivity index (χ2n) is 5.32. The molecule has 0 fully saturated rings. The molecule has 0 radical (unpaired) electrons. The van der Waals surface area contributed by atoms with Crippen molar-refractivity contribution in [2.24, 2.45) is 5.92 Å². The van der Waals surface area contributed by atoms with Gasteiger partial charge in [-0.1, -0.05) is 6.92 Å². The SMILES string of the molecule is CC1CC2=C(O1)C(C)C1OC(=O)C=C(C(F)(F)F)C1=C2. The van der Waals surface area contributed by atoms with E-state index in [0.717, 1.165) is 5.57 Å². The highest BCUT2D eigenvalue weighted by Crippen LogP contribution is 2.46. The molecule has 1 aliphatic carbocycles. The van der Waals surface area contributed by atoms with Crippen LogP contribution < -0.4 is 0 Å². The standard InChI is InChI=1S/C14H13F3O3/c1-6-3-8-4-9-10(14(15,16)17)5-11(18)20-13(9)7(2)12(8)19-6/h4-7,13H,3H2,1-2H3. The van der Waals surface area contributed by atoms with Crippen molar-refractivity contribution in [2.45, 2.75) is 38.7 Å². The van der Waals surface area contributed by atoms with Crippen LogP contribution in [0.25, 0.3) is 0 Å². The van der Waals surface area contributed by atoms with E-state index in [9.17, 15) is 18.0 Å². The number of halogens is 3. The largest absolute Gasteiger partial charge is 0.494 e. The number of fused-ring (bicyclic) bond motifs is 1. The highest BCUT2D eigenvalue weighted by molar-refractivity contribution is 5.86. The van der Waals surface area contributed by atoms with E-state index in [0.29, 0.717) is 18.3 Å². The van der Waals surface area contributed by atoms with Gasteiger partial charge in [-0.3, -0.25) is 0 Å². The molecule has 0 N–H and O–H groups in total. The minimum Gasteiger partial charge on any atom is -0.494 e. The molecule has 108 valence electrons. The molecule has 3 aliphatic rings. The maximum atomic E-state index is 13.1. The predicted molar refractivity (Wildman–Crippen MR) is 63.5 cm³/mol. The van der Waals surface area contributed by atoms with Crippen LogP contribution >= 0.6 is 0 Å². The van der Waals surface area contributed by atoms with E-state index >= 15 is 0 Å². The molecule has 3 unspecified atom stereocenters. The second-order valence-corrected chi connectivity index (χ2v) is 5.32. The summed E-state index contributed by atoms with van der Waals surface area (Å²) >= 11 is 0. The summed E-state index contributed by atoms with van der Waals surface area (Å²) in [7, 11) is 0. The number of esters is 1. The highest BCUT2D eigenvalue weighted by atomic mass is 19.4. The zero-order chi connectivity index (χ0) is 14.7. The summed E-state index contributed by atoms with van der Waals surface area (Å²) in [5, 5.41) is 0. The molecule has 20 heavy (non-hydrogen) atoms. The molecule has 2 heterocycles. The normalized spacial score (nSPS) is 32.9. The lowest BCUT2D eigenvalue weighted by atomic mass is 9.81. The van der Waals surface area contributed by atoms with Crippen molar-refractivity contribution < 1.29 is 27.4 Å². The zero-order valence-corrected chi connectivity index (χ0v) is 11.0. The Morgan fingerprint density at radius 3 is 2.55 bits per heavy atom. The van der Waals surface area contributed by atoms with E-state index in [2.05, 4.69) is 0 Å². The molecule has 3 rings (SSSR count). The minimum absolute atomic E-state index is 0.0288. The highest BCUT2D eigenvalue weighted by Gasteiger charge is 2.48. The van der Waals surface area contributed by atoms with Crippen LogP contribution in [0.3, 0.4) is 0 Å². The number of rotatable bonds is 0. The van der Waals surface area contributed by atoms with Crippen molar-refractivity contribution in [3.05, 3.63) is 34.6 Å². The van der Waals surface area contributed by atoms with Gasteiger partial charge in [0.15, 0.2) is 0 Å². The van der Waals surface area contributed by atoms with E-state index in [4.69, 9.17) is 9.47 Å². The van der Waals surface area contributed by atoms with Crippen molar-refractivity contribution in [2.75, 3.05) is 0 Å². The van der Waals surface area contributed by atoms with E-state index in [-0.39, 0.29) is 11.7 Å². The van der Waals surface area contributed by atoms with Gasteiger partial charge in [-0.2, -0.15) is 13.2 Å². The number of allylic oxidation sites excluding steroid dienone is 1. The third kappa shape index (κ3) is 1.94. The Labute approximate surface area is 113 Å². The van der Waals surface area contributed by atoms with Crippen LogP contribution in [0.2, 0.25) is 0 Å². The Bertz CT molecular complexity index is 569. The van der Waals surface area contributed by atoms with Gasteiger partial charge in [-0.05, 0) is 18.6 Å². The van der Waals surface area contributed by atoms with Crippen molar-refractivity contribution in [3.63, 3.8) is 0 Å². The van der Waals surface area contributed by atoms with Crippen molar-refractivity contribution in [1.29, 1.82) is 0 Å². The number of hydrogen-bond donors (Lipinski definition) is 0. The number of alkyl halides is 3. The fourth-order valence-electron chi connectivity index (χ4n) is 2.95. The second kappa shape index (κ2) is 4.14. The summed E-state index contributed by atoms with van der Waals surface area (Å²) < 4.78 is 49.9. The topological polar surface area (TPSA) is 35.5 Å². The van der Waals surface area contributed by atoms with Crippen molar-refractivity contribution in [1.82, 2.24) is 0 Å². The summed E-state index contributed by atoms with van der Waals surface area (Å²) in [6, 6.07) is 0. The van der Waals surface area contributed by atoms with Crippen LogP contribution in [-0.4, -0.2) is 24.4 Å². The van der Waals surface area contributed by atoms with Gasteiger partial charge in [0.05, 0.1) is 17.6 Å². The number of hydrogen-bond acceptors (Lipinski definition) is 3. The van der Waals surface area contributed by atoms with Gasteiger partial charge in [0.1, 0.15) is 11.9 Å². The fourth-order valence-corrected chi connectivity index (χ4v) is 2.95. The summed E-state index contributed by atoms with van der Waals surface area (Å²) in [6.07, 6.45) is -2.97. The molecule has 3 atom stereocenters. The maximum absolute atomic E-state index is 13.1. The summed E-state index contributed by atoms with van der Waals surface area (Å²) in [5.74, 6) is -0.714. The van der Waals surface area contributed by atoms with Crippen LogP contribution in [0.5, 0.6) is 0 Å². The summed E-state index contributed by atoms with van der Waals surface area (Å²) in [4.78, 5) is 11.4. The van der Waals surface area contributed by atoms with Crippen LogP contribution in [-0.2, 0) is 14.3 Å². The molecule has 0 amide bonds. The Hall–Kier alpha value is -1.72. The molecular formula is C14H13F3O3. The first kappa shape index (κ1) is 13.3. The molecule has 0 spiro atoms. The quantitative estimate of drug-likeness (QED) is 0.642. The molecule has 0 aromatic heterocycles. The van der Waals surface area contributed by atoms with Crippen molar-refractivity contribution >= 4 is 5.97 Å². The molecule has 0 aromatic rings. The Morgan fingerprint density at radius 1 is 1.20 bits per heavy atom. The number of carbonyl (C=O) groups excluding carboxylic acids is 1. The molecule has 2 aliphatic heterocycles. The smallest absolute Gasteiger partial charge is 0.417 e. The van der Waals surface area contributed by atoms with Gasteiger partial charge in [0, 0.05) is 18.1 Å². The first-order valence-electron chi connectivity index (χ1n) is 6.38. The molecule has 0 aromatic carbocycles. The first-order valence-corrected chi connectivity index (χ1v) is 6.38. The summed E-state index contributed by atoms with van der Waals surface area (Å²) in [5.41, 5.74) is -0.109. The van der Waals surface area contributed by atoms with Gasteiger partial charge >= 0.3 is 12.1 Å². The van der Waals surface area contributed by atoms with Crippen LogP contribution in [0.4, 0.5) is 13.2 Å². The van der Waals surface area contributed by atoms with E-state index in [1.54, 1.807) is 6.92 Å². The average molecular weight is 286 g/mol. The third-order valence-corrected chi connectivity index (χ3v) is 3.78. The van der Waals surface area contributed by atoms with Crippen LogP contribution in [0.1, 0.15) is 20.3 Å². The molecule has 0 bridgehead atoms. The van der Waals surface area contributed by atoms with E-state index in [1.807, 2.05) is 6.92 Å². The summed E-state index contributed by atoms with van der Waals surface area (Å²) in [6.45, 7) is 3.58. The van der Waals surface area contributed by atoms with Crippen LogP contribution in [0, 0.1) is 5.92 Å². The van der Waals surface area contributed by atoms with Gasteiger partial charge in [0.25, 0.3) is 0 Å². The molecule has 6 heteroatoms. The average Bonchev–Trinajstić information content (AvgIpc) is 2.69. The molecule has 0 saturated heterocycles. The van der Waals surface area contributed by atoms with Gasteiger partial charge < -0.3 is 9.47 Å². The Balaban J connectivity index is 2.09. The number of ether oxygens (including phenoxy) is 2. The van der Waals surface area contributed by atoms with E-state index < -0.39 is 29.7 Å². The lowest BCUT2D eigenvalue weighted by Crippen LogP contribution is -2.37. The number of carbonyl (C=O) groups is 1. The monoisotopic (exact) mass is 286 g/mol. The zero-order valence-electron chi connectivity index (χ0n) is 11.0. The third-order valence-electron chi connectivity index (χ3n) is 3.78. The van der Waals surface area contributed by atoms with Gasteiger partial charge in [-0.15, -0.1) is 0 Å². The lowest BCUT2D eigenvalue weighted by molar-refractivity contribution is -0.147. The minimum atomic E-state index is -4.56. The fraction of sp³-hybridized carbons (Fsp3) is 0.500. The maximum Gasteiger partial charge on any atom is 0.417 e. The lowest BCUT2D eigenvalue weighted by Gasteiger charge is -2.34. The van der Waals surface area contributed by atoms with Crippen molar-refractivity contribution in [3.8, 4) is 0 Å². The molecule has 3 nitrogen and oxygen atoms in total. The predicted octanol–water partition coefficient (Wildman–Crippen LogP) is 3.04. The molecular weight excluding hydrogens is 273 g/mol. The molecule has 0 saturated carbocycles. The van der Waals surface area contributed by atoms with E-state index in [1.165, 1.54) is 6.08 Å². The van der Waals surface area contributed by atoms with Gasteiger partial charge in [0.2, 0.25) is 0 Å². The van der Waals surface area contributed by atoms with Gasteiger partial charge in [-0.25, -0.2) is 4.79 Å². The Kier molecular flexibility index (Phi) is 2.74. The van der Waals surface area contributed by atoms with Crippen LogP contribution in [0.15, 0.2) is 34.6 Å². The Morgan fingerprint density at radius 2 is 1.90 bits per heavy atom. The first-order chi connectivity index (χ1) is 9.27.